The predicted molar refractivity (Wildman–Crippen MR) is 34.3 cm³/mol. The van der Waals surface area contributed by atoms with Crippen LogP contribution in [0.5, 0.6) is 0 Å². The van der Waals surface area contributed by atoms with Crippen LogP contribution in [0.15, 0.2) is 0 Å². The molecule has 0 radical (unpaired) electrons. The normalized spacial score (nSPS) is 12.0. The van der Waals surface area contributed by atoms with Crippen molar-refractivity contribution in [1.82, 2.24) is 10.2 Å². The lowest BCUT2D eigenvalue weighted by Gasteiger charge is -1.97. The average Bonchev–Trinajstić information content (AvgIpc) is 2.32. The van der Waals surface area contributed by atoms with E-state index >= 15 is 0 Å². The van der Waals surface area contributed by atoms with Crippen molar-refractivity contribution in [1.29, 1.82) is 0 Å². The van der Waals surface area contributed by atoms with Gasteiger partial charge in [0.05, 0.1) is 0 Å². The molecule has 0 unspecified atom stereocenters. The molecule has 1 aromatic heterocycles. The fourth-order valence-corrected chi connectivity index (χ4v) is 1.16. The summed E-state index contributed by atoms with van der Waals surface area (Å²) in [5, 5.41) is 5.90. The van der Waals surface area contributed by atoms with Crippen molar-refractivity contribution >= 4 is 11.3 Å². The number of rotatable bonds is 1. The molecule has 0 bridgehead atoms. The van der Waals surface area contributed by atoms with Crippen molar-refractivity contribution in [2.24, 2.45) is 0 Å². The van der Waals surface area contributed by atoms with Gasteiger partial charge in [0.25, 0.3) is 0 Å². The van der Waals surface area contributed by atoms with Crippen LogP contribution in [0.1, 0.15) is 16.9 Å². The first-order chi connectivity index (χ1) is 5.04. The highest BCUT2D eigenvalue weighted by Crippen LogP contribution is 2.31. The molecule has 62 valence electrons. The Morgan fingerprint density at radius 3 is 2.27 bits per heavy atom. The van der Waals surface area contributed by atoms with E-state index in [0.29, 0.717) is 22.8 Å². The van der Waals surface area contributed by atoms with Gasteiger partial charge in [-0.15, -0.1) is 10.2 Å². The molecule has 1 aromatic rings. The predicted octanol–water partition coefficient (Wildman–Crippen LogP) is 2.12. The highest BCUT2D eigenvalue weighted by Gasteiger charge is 2.35. The Morgan fingerprint density at radius 1 is 1.36 bits per heavy atom. The fourth-order valence-electron chi connectivity index (χ4n) is 0.511. The summed E-state index contributed by atoms with van der Waals surface area (Å²) in [6.45, 7) is 1.74. The number of hydrogen-bond donors (Lipinski definition) is 0. The van der Waals surface area contributed by atoms with Crippen molar-refractivity contribution in [2.75, 3.05) is 0 Å². The topological polar surface area (TPSA) is 25.8 Å². The second-order valence-electron chi connectivity index (χ2n) is 1.85. The van der Waals surface area contributed by atoms with E-state index in [-0.39, 0.29) is 0 Å². The summed E-state index contributed by atoms with van der Waals surface area (Å²) in [6.07, 6.45) is -3.85. The van der Waals surface area contributed by atoms with Gasteiger partial charge >= 0.3 is 6.18 Å². The van der Waals surface area contributed by atoms with Crippen molar-refractivity contribution in [3.05, 3.63) is 10.0 Å². The minimum Gasteiger partial charge on any atom is -0.164 e. The SMILES string of the molecule is CCc1nnc(C(F)(F)F)s1. The van der Waals surface area contributed by atoms with Gasteiger partial charge in [-0.2, -0.15) is 13.2 Å². The van der Waals surface area contributed by atoms with E-state index in [2.05, 4.69) is 10.2 Å². The Bertz CT molecular complexity index is 242. The van der Waals surface area contributed by atoms with Crippen molar-refractivity contribution in [2.45, 2.75) is 19.5 Å². The molecule has 1 rings (SSSR count). The van der Waals surface area contributed by atoms with E-state index in [9.17, 15) is 13.2 Å². The van der Waals surface area contributed by atoms with E-state index in [1.807, 2.05) is 0 Å². The Hall–Kier alpha value is -0.650. The maximum absolute atomic E-state index is 11.8. The van der Waals surface area contributed by atoms with Crippen LogP contribution in [0.3, 0.4) is 0 Å². The van der Waals surface area contributed by atoms with Crippen LogP contribution in [0.2, 0.25) is 0 Å². The molecule has 0 spiro atoms. The first-order valence-electron chi connectivity index (χ1n) is 2.93. The molecule has 0 atom stereocenters. The first kappa shape index (κ1) is 8.45. The molecular weight excluding hydrogens is 177 g/mol. The van der Waals surface area contributed by atoms with Crippen LogP contribution in [0, 0.1) is 0 Å². The van der Waals surface area contributed by atoms with Gasteiger partial charge in [0.2, 0.25) is 5.01 Å². The van der Waals surface area contributed by atoms with Crippen LogP contribution in [0.25, 0.3) is 0 Å². The zero-order chi connectivity index (χ0) is 8.48. The summed E-state index contributed by atoms with van der Waals surface area (Å²) >= 11 is 0.593. The molecule has 0 aliphatic rings. The second kappa shape index (κ2) is 2.77. The van der Waals surface area contributed by atoms with Gasteiger partial charge in [0.15, 0.2) is 0 Å². The van der Waals surface area contributed by atoms with Gasteiger partial charge in [-0.3, -0.25) is 0 Å². The van der Waals surface area contributed by atoms with Crippen LogP contribution in [-0.2, 0) is 12.6 Å². The van der Waals surface area contributed by atoms with Gasteiger partial charge < -0.3 is 0 Å². The van der Waals surface area contributed by atoms with Gasteiger partial charge in [0.1, 0.15) is 5.01 Å². The number of aromatic nitrogens is 2. The highest BCUT2D eigenvalue weighted by molar-refractivity contribution is 7.11. The summed E-state index contributed by atoms with van der Waals surface area (Å²) in [6, 6.07) is 0. The van der Waals surface area contributed by atoms with Gasteiger partial charge in [-0.05, 0) is 6.42 Å². The molecule has 0 N–H and O–H groups in total. The zero-order valence-electron chi connectivity index (χ0n) is 5.64. The molecule has 0 fully saturated rings. The Morgan fingerprint density at radius 2 is 2.00 bits per heavy atom. The number of aryl methyl sites for hydroxylation is 1. The standard InChI is InChI=1S/C5H5F3N2S/c1-2-3-9-10-4(11-3)5(6,7)8/h2H2,1H3. The minimum atomic E-state index is -4.34. The molecular formula is C5H5F3N2S. The molecule has 6 heteroatoms. The molecule has 0 aliphatic carbocycles. The zero-order valence-corrected chi connectivity index (χ0v) is 6.46. The van der Waals surface area contributed by atoms with E-state index in [0.717, 1.165) is 0 Å². The lowest BCUT2D eigenvalue weighted by molar-refractivity contribution is -0.138. The summed E-state index contributed by atoms with van der Waals surface area (Å²) in [5.41, 5.74) is 0. The van der Waals surface area contributed by atoms with Gasteiger partial charge in [-0.25, -0.2) is 0 Å². The van der Waals surface area contributed by atoms with Crippen LogP contribution >= 0.6 is 11.3 Å². The highest BCUT2D eigenvalue weighted by atomic mass is 32.1. The van der Waals surface area contributed by atoms with Crippen LogP contribution in [0.4, 0.5) is 13.2 Å². The van der Waals surface area contributed by atoms with Crippen LogP contribution in [-0.4, -0.2) is 10.2 Å². The summed E-state index contributed by atoms with van der Waals surface area (Å²) < 4.78 is 35.5. The second-order valence-corrected chi connectivity index (χ2v) is 2.91. The average molecular weight is 182 g/mol. The molecule has 0 saturated heterocycles. The van der Waals surface area contributed by atoms with E-state index in [4.69, 9.17) is 0 Å². The summed E-state index contributed by atoms with van der Waals surface area (Å²) in [4.78, 5) is 0. The van der Waals surface area contributed by atoms with E-state index < -0.39 is 11.2 Å². The fraction of sp³-hybridized carbons (Fsp3) is 0.600. The van der Waals surface area contributed by atoms with Crippen LogP contribution < -0.4 is 0 Å². The molecule has 0 aliphatic heterocycles. The third-order valence-corrected chi connectivity index (χ3v) is 2.12. The van der Waals surface area contributed by atoms with Crippen molar-refractivity contribution in [3.63, 3.8) is 0 Å². The first-order valence-corrected chi connectivity index (χ1v) is 3.75. The number of nitrogens with zero attached hydrogens (tertiary/aromatic N) is 2. The minimum absolute atomic E-state index is 0.414. The maximum atomic E-state index is 11.8. The number of halogens is 3. The summed E-state index contributed by atoms with van der Waals surface area (Å²) in [5.74, 6) is 0. The smallest absolute Gasteiger partial charge is 0.164 e. The molecule has 0 amide bonds. The Labute approximate surface area is 65.1 Å². The third-order valence-electron chi connectivity index (χ3n) is 1.01. The van der Waals surface area contributed by atoms with Crippen molar-refractivity contribution < 1.29 is 13.2 Å². The van der Waals surface area contributed by atoms with Gasteiger partial charge in [-0.1, -0.05) is 18.3 Å². The molecule has 1 heterocycles. The lowest BCUT2D eigenvalue weighted by atomic mass is 10.5. The van der Waals surface area contributed by atoms with E-state index in [1.54, 1.807) is 6.92 Å². The number of alkyl halides is 3. The quantitative estimate of drug-likeness (QED) is 0.664. The largest absolute Gasteiger partial charge is 0.445 e. The monoisotopic (exact) mass is 182 g/mol. The maximum Gasteiger partial charge on any atom is 0.445 e. The Balaban J connectivity index is 2.89. The molecule has 2 nitrogen and oxygen atoms in total. The molecule has 0 aromatic carbocycles. The lowest BCUT2D eigenvalue weighted by Crippen LogP contribution is -2.03. The van der Waals surface area contributed by atoms with E-state index in [1.165, 1.54) is 0 Å². The number of hydrogen-bond acceptors (Lipinski definition) is 3. The molecule has 0 saturated carbocycles. The van der Waals surface area contributed by atoms with Gasteiger partial charge in [0, 0.05) is 0 Å². The Kier molecular flexibility index (Phi) is 2.12. The molecule has 11 heavy (non-hydrogen) atoms. The third kappa shape index (κ3) is 1.89. The summed E-state index contributed by atoms with van der Waals surface area (Å²) in [7, 11) is 0. The van der Waals surface area contributed by atoms with Crippen molar-refractivity contribution in [3.8, 4) is 0 Å².